The van der Waals surface area contributed by atoms with E-state index in [-0.39, 0.29) is 35.4 Å². The number of hydrogen-bond donors (Lipinski definition) is 0. The molecule has 2 heterocycles. The van der Waals surface area contributed by atoms with Gasteiger partial charge in [-0.2, -0.15) is 0 Å². The van der Waals surface area contributed by atoms with E-state index in [9.17, 15) is 18.8 Å². The van der Waals surface area contributed by atoms with Gasteiger partial charge in [-0.25, -0.2) is 9.18 Å². The number of nitrogens with zero attached hydrogens (tertiary/aromatic N) is 1. The minimum atomic E-state index is -0.651. The molecular formula is C24H18FNO6S. The minimum absolute atomic E-state index is 0.0139. The third kappa shape index (κ3) is 4.98. The first kappa shape index (κ1) is 22.3. The van der Waals surface area contributed by atoms with Crippen LogP contribution in [-0.2, 0) is 22.7 Å². The topological polar surface area (TPSA) is 86.0 Å². The summed E-state index contributed by atoms with van der Waals surface area (Å²) in [5.74, 6) is -0.818. The monoisotopic (exact) mass is 467 g/mol. The van der Waals surface area contributed by atoms with Gasteiger partial charge in [0.05, 0.1) is 18.6 Å². The van der Waals surface area contributed by atoms with E-state index >= 15 is 0 Å². The van der Waals surface area contributed by atoms with Crippen LogP contribution >= 0.6 is 11.8 Å². The standard InChI is InChI=1S/C24H18FNO6S/c1-30-23(28)20-11-10-17(32-20)13-26-22(27)21(33-24(26)29)12-15-6-3-5-9-19(15)31-14-16-7-2-4-8-18(16)25/h2-12H,13-14H2,1H3. The van der Waals surface area contributed by atoms with Crippen LogP contribution in [0.25, 0.3) is 6.08 Å². The molecule has 0 unspecified atom stereocenters. The number of furan rings is 1. The molecule has 1 aliphatic heterocycles. The molecule has 7 nitrogen and oxygen atoms in total. The molecule has 9 heteroatoms. The summed E-state index contributed by atoms with van der Waals surface area (Å²) >= 11 is 0.789. The molecule has 0 bridgehead atoms. The number of amides is 2. The summed E-state index contributed by atoms with van der Waals surface area (Å²) in [4.78, 5) is 38.1. The molecule has 168 valence electrons. The number of rotatable bonds is 7. The van der Waals surface area contributed by atoms with Crippen molar-refractivity contribution in [1.82, 2.24) is 4.90 Å². The van der Waals surface area contributed by atoms with Crippen LogP contribution in [0.4, 0.5) is 9.18 Å². The normalized spacial score (nSPS) is 14.7. The van der Waals surface area contributed by atoms with E-state index in [1.165, 1.54) is 25.3 Å². The number of methoxy groups -OCH3 is 1. The maximum absolute atomic E-state index is 13.9. The van der Waals surface area contributed by atoms with E-state index in [2.05, 4.69) is 4.74 Å². The Balaban J connectivity index is 1.50. The Morgan fingerprint density at radius 3 is 2.64 bits per heavy atom. The lowest BCUT2D eigenvalue weighted by Gasteiger charge is -2.11. The van der Waals surface area contributed by atoms with Gasteiger partial charge in [0.25, 0.3) is 11.1 Å². The van der Waals surface area contributed by atoms with Gasteiger partial charge in [-0.1, -0.05) is 36.4 Å². The minimum Gasteiger partial charge on any atom is -0.488 e. The molecule has 33 heavy (non-hydrogen) atoms. The summed E-state index contributed by atoms with van der Waals surface area (Å²) in [5, 5.41) is -0.466. The summed E-state index contributed by atoms with van der Waals surface area (Å²) in [5.41, 5.74) is 0.975. The summed E-state index contributed by atoms with van der Waals surface area (Å²) in [6.45, 7) is -0.107. The van der Waals surface area contributed by atoms with Gasteiger partial charge in [-0.3, -0.25) is 14.5 Å². The number of halogens is 1. The number of imide groups is 1. The molecule has 2 amide bonds. The molecule has 1 saturated heterocycles. The molecule has 0 spiro atoms. The highest BCUT2D eigenvalue weighted by atomic mass is 32.2. The zero-order valence-corrected chi connectivity index (χ0v) is 18.3. The highest BCUT2D eigenvalue weighted by Gasteiger charge is 2.36. The van der Waals surface area contributed by atoms with E-state index < -0.39 is 17.1 Å². The van der Waals surface area contributed by atoms with Gasteiger partial charge in [0.1, 0.15) is 23.9 Å². The molecule has 0 radical (unpaired) electrons. The van der Waals surface area contributed by atoms with E-state index in [1.807, 2.05) is 0 Å². The third-order valence-electron chi connectivity index (χ3n) is 4.78. The van der Waals surface area contributed by atoms with Gasteiger partial charge < -0.3 is 13.9 Å². The number of ether oxygens (including phenoxy) is 2. The maximum atomic E-state index is 13.9. The van der Waals surface area contributed by atoms with Gasteiger partial charge in [0.2, 0.25) is 5.76 Å². The molecular weight excluding hydrogens is 449 g/mol. The molecule has 0 aliphatic carbocycles. The highest BCUT2D eigenvalue weighted by Crippen LogP contribution is 2.35. The van der Waals surface area contributed by atoms with Crippen LogP contribution in [0.3, 0.4) is 0 Å². The van der Waals surface area contributed by atoms with Gasteiger partial charge in [-0.15, -0.1) is 0 Å². The van der Waals surface area contributed by atoms with Crippen molar-refractivity contribution in [2.75, 3.05) is 7.11 Å². The number of para-hydroxylation sites is 1. The fourth-order valence-corrected chi connectivity index (χ4v) is 3.94. The smallest absolute Gasteiger partial charge is 0.373 e. The zero-order valence-electron chi connectivity index (χ0n) is 17.4. The average Bonchev–Trinajstić information content (AvgIpc) is 3.39. The quantitative estimate of drug-likeness (QED) is 0.356. The van der Waals surface area contributed by atoms with E-state index in [4.69, 9.17) is 9.15 Å². The number of esters is 1. The SMILES string of the molecule is COC(=O)c1ccc(CN2C(=O)SC(=Cc3ccccc3OCc3ccccc3F)C2=O)o1. The molecule has 0 atom stereocenters. The Kier molecular flexibility index (Phi) is 6.60. The summed E-state index contributed by atoms with van der Waals surface area (Å²) < 4.78 is 29.6. The first-order valence-electron chi connectivity index (χ1n) is 9.84. The van der Waals surface area contributed by atoms with Gasteiger partial charge in [-0.05, 0) is 42.1 Å². The van der Waals surface area contributed by atoms with Crippen LogP contribution in [0.2, 0.25) is 0 Å². The fraction of sp³-hybridized carbons (Fsp3) is 0.125. The molecule has 0 N–H and O–H groups in total. The van der Waals surface area contributed by atoms with Crippen molar-refractivity contribution in [3.05, 3.63) is 94.0 Å². The number of carbonyl (C=O) groups is 3. The predicted molar refractivity (Wildman–Crippen MR) is 119 cm³/mol. The summed E-state index contributed by atoms with van der Waals surface area (Å²) in [6.07, 6.45) is 1.56. The van der Waals surface area contributed by atoms with E-state index in [1.54, 1.807) is 48.5 Å². The Hall–Kier alpha value is -3.85. The van der Waals surface area contributed by atoms with Crippen LogP contribution in [-0.4, -0.2) is 29.1 Å². The Labute approximate surface area is 192 Å². The van der Waals surface area contributed by atoms with Crippen molar-refractivity contribution in [3.8, 4) is 5.75 Å². The number of hydrogen-bond acceptors (Lipinski definition) is 7. The second kappa shape index (κ2) is 9.74. The first-order valence-corrected chi connectivity index (χ1v) is 10.7. The highest BCUT2D eigenvalue weighted by molar-refractivity contribution is 8.18. The van der Waals surface area contributed by atoms with Crippen molar-refractivity contribution >= 4 is 35.0 Å². The molecule has 1 aliphatic rings. The predicted octanol–water partition coefficient (Wildman–Crippen LogP) is 5.02. The van der Waals surface area contributed by atoms with E-state index in [0.29, 0.717) is 16.9 Å². The lowest BCUT2D eigenvalue weighted by Crippen LogP contribution is -2.27. The number of carbonyl (C=O) groups excluding carboxylic acids is 3. The zero-order chi connectivity index (χ0) is 23.4. The Morgan fingerprint density at radius 1 is 1.09 bits per heavy atom. The van der Waals surface area contributed by atoms with Gasteiger partial charge in [0, 0.05) is 11.1 Å². The van der Waals surface area contributed by atoms with Gasteiger partial charge >= 0.3 is 5.97 Å². The molecule has 1 aromatic heterocycles. The van der Waals surface area contributed by atoms with Crippen molar-refractivity contribution < 1.29 is 32.7 Å². The van der Waals surface area contributed by atoms with Crippen molar-refractivity contribution in [2.24, 2.45) is 0 Å². The van der Waals surface area contributed by atoms with Crippen LogP contribution in [0, 0.1) is 5.82 Å². The summed E-state index contributed by atoms with van der Waals surface area (Å²) in [6, 6.07) is 16.2. The molecule has 2 aromatic carbocycles. The van der Waals surface area contributed by atoms with Crippen LogP contribution in [0.15, 0.2) is 70.0 Å². The molecule has 0 saturated carbocycles. The first-order chi connectivity index (χ1) is 16.0. The fourth-order valence-electron chi connectivity index (χ4n) is 3.11. The van der Waals surface area contributed by atoms with Crippen molar-refractivity contribution in [3.63, 3.8) is 0 Å². The number of benzene rings is 2. The van der Waals surface area contributed by atoms with Crippen LogP contribution < -0.4 is 4.74 Å². The second-order valence-corrected chi connectivity index (χ2v) is 7.94. The molecule has 1 fully saturated rings. The van der Waals surface area contributed by atoms with Crippen molar-refractivity contribution in [2.45, 2.75) is 13.2 Å². The molecule has 4 rings (SSSR count). The third-order valence-corrected chi connectivity index (χ3v) is 5.69. The van der Waals surface area contributed by atoms with Gasteiger partial charge in [0.15, 0.2) is 0 Å². The van der Waals surface area contributed by atoms with Crippen LogP contribution in [0.1, 0.15) is 27.4 Å². The maximum Gasteiger partial charge on any atom is 0.373 e. The Bertz CT molecular complexity index is 1250. The molecule has 3 aromatic rings. The van der Waals surface area contributed by atoms with E-state index in [0.717, 1.165) is 16.7 Å². The Morgan fingerprint density at radius 2 is 1.85 bits per heavy atom. The lowest BCUT2D eigenvalue weighted by atomic mass is 10.1. The number of thioether (sulfide) groups is 1. The average molecular weight is 467 g/mol. The van der Waals surface area contributed by atoms with Crippen LogP contribution in [0.5, 0.6) is 5.75 Å². The summed E-state index contributed by atoms with van der Waals surface area (Å²) in [7, 11) is 1.23. The largest absolute Gasteiger partial charge is 0.488 e. The second-order valence-electron chi connectivity index (χ2n) is 6.94. The van der Waals surface area contributed by atoms with Crippen molar-refractivity contribution in [1.29, 1.82) is 0 Å². The lowest BCUT2D eigenvalue weighted by molar-refractivity contribution is -0.123.